The van der Waals surface area contributed by atoms with Gasteiger partial charge in [-0.05, 0) is 48.7 Å². The lowest BCUT2D eigenvalue weighted by atomic mass is 10.1. The molecule has 3 rings (SSSR count). The molecule has 1 heterocycles. The van der Waals surface area contributed by atoms with E-state index in [0.29, 0.717) is 17.7 Å². The first-order valence-corrected chi connectivity index (χ1v) is 11.0. The average molecular weight is 441 g/mol. The van der Waals surface area contributed by atoms with Gasteiger partial charge in [-0.15, -0.1) is 10.2 Å². The summed E-state index contributed by atoms with van der Waals surface area (Å²) in [5.41, 5.74) is 4.38. The van der Waals surface area contributed by atoms with Gasteiger partial charge in [0, 0.05) is 33.4 Å². The largest absolute Gasteiger partial charge is 0.484 e. The molecule has 1 aromatic heterocycles. The fraction of sp³-hybridized carbons (Fsp3) is 0.348. The maximum absolute atomic E-state index is 12.5. The van der Waals surface area contributed by atoms with Crippen LogP contribution in [0.3, 0.4) is 0 Å². The van der Waals surface area contributed by atoms with E-state index in [2.05, 4.69) is 10.2 Å². The van der Waals surface area contributed by atoms with Crippen molar-refractivity contribution in [2.45, 2.75) is 32.2 Å². The molecule has 0 N–H and O–H groups in total. The quantitative estimate of drug-likeness (QED) is 0.464. The molecular weight excluding hydrogens is 412 g/mol. The van der Waals surface area contributed by atoms with Gasteiger partial charge < -0.3 is 19.0 Å². The zero-order chi connectivity index (χ0) is 22.4. The highest BCUT2D eigenvalue weighted by Gasteiger charge is 2.14. The Hall–Kier alpha value is -3.00. The van der Waals surface area contributed by atoms with Gasteiger partial charge in [-0.2, -0.15) is 0 Å². The van der Waals surface area contributed by atoms with Crippen LogP contribution in [0.4, 0.5) is 5.69 Å². The molecule has 1 amide bonds. The zero-order valence-corrected chi connectivity index (χ0v) is 19.4. The van der Waals surface area contributed by atoms with E-state index < -0.39 is 0 Å². The first-order valence-electron chi connectivity index (χ1n) is 9.97. The highest BCUT2D eigenvalue weighted by molar-refractivity contribution is 7.99. The Labute approximate surface area is 187 Å². The van der Waals surface area contributed by atoms with Gasteiger partial charge in [0.2, 0.25) is 5.91 Å². The van der Waals surface area contributed by atoms with Crippen LogP contribution in [-0.2, 0) is 17.9 Å². The Morgan fingerprint density at radius 3 is 2.52 bits per heavy atom. The van der Waals surface area contributed by atoms with Crippen molar-refractivity contribution < 1.29 is 13.9 Å². The van der Waals surface area contributed by atoms with Gasteiger partial charge in [0.05, 0.1) is 5.75 Å². The number of benzene rings is 2. The molecule has 0 saturated carbocycles. The van der Waals surface area contributed by atoms with E-state index in [1.54, 1.807) is 11.9 Å². The second-order valence-corrected chi connectivity index (χ2v) is 8.55. The lowest BCUT2D eigenvalue weighted by Crippen LogP contribution is -2.27. The van der Waals surface area contributed by atoms with Crippen LogP contribution < -0.4 is 9.64 Å². The van der Waals surface area contributed by atoms with Crippen LogP contribution in [0.25, 0.3) is 0 Å². The molecule has 31 heavy (non-hydrogen) atoms. The number of hydrogen-bond donors (Lipinski definition) is 0. The summed E-state index contributed by atoms with van der Waals surface area (Å²) < 4.78 is 11.4. The normalized spacial score (nSPS) is 10.7. The standard InChI is InChI=1S/C23H28N4O3S/c1-16-6-7-17(2)20(12-16)29-14-21-24-25-23(30-21)31-15-22(28)27(5)13-18-8-10-19(11-9-18)26(3)4/h6-12H,13-15H2,1-5H3. The molecule has 164 valence electrons. The molecule has 0 spiro atoms. The highest BCUT2D eigenvalue weighted by atomic mass is 32.2. The Morgan fingerprint density at radius 1 is 1.06 bits per heavy atom. The number of rotatable bonds is 9. The zero-order valence-electron chi connectivity index (χ0n) is 18.6. The molecule has 0 radical (unpaired) electrons. The minimum atomic E-state index is -0.00642. The van der Waals surface area contributed by atoms with Crippen LogP contribution >= 0.6 is 11.8 Å². The Bertz CT molecular complexity index is 1020. The van der Waals surface area contributed by atoms with Crippen LogP contribution in [0.15, 0.2) is 52.1 Å². The predicted molar refractivity (Wildman–Crippen MR) is 123 cm³/mol. The highest BCUT2D eigenvalue weighted by Crippen LogP contribution is 2.22. The molecular formula is C23H28N4O3S. The molecule has 0 aliphatic rings. The van der Waals surface area contributed by atoms with E-state index in [0.717, 1.165) is 28.1 Å². The van der Waals surface area contributed by atoms with Crippen molar-refractivity contribution >= 4 is 23.4 Å². The monoisotopic (exact) mass is 440 g/mol. The number of thioether (sulfide) groups is 1. The average Bonchev–Trinajstić information content (AvgIpc) is 3.20. The number of carbonyl (C=O) groups excluding carboxylic acids is 1. The summed E-state index contributed by atoms with van der Waals surface area (Å²) in [6.45, 7) is 4.74. The minimum Gasteiger partial charge on any atom is -0.484 e. The van der Waals surface area contributed by atoms with E-state index in [9.17, 15) is 4.79 Å². The number of nitrogens with zero attached hydrogens (tertiary/aromatic N) is 4. The molecule has 0 atom stereocenters. The molecule has 0 aliphatic heterocycles. The van der Waals surface area contributed by atoms with Gasteiger partial charge in [-0.3, -0.25) is 4.79 Å². The first kappa shape index (κ1) is 22.7. The van der Waals surface area contributed by atoms with E-state index in [4.69, 9.17) is 9.15 Å². The van der Waals surface area contributed by atoms with E-state index in [-0.39, 0.29) is 18.3 Å². The van der Waals surface area contributed by atoms with Crippen LogP contribution in [0.1, 0.15) is 22.6 Å². The maximum Gasteiger partial charge on any atom is 0.277 e. The fourth-order valence-corrected chi connectivity index (χ4v) is 3.57. The number of anilines is 1. The molecule has 0 fully saturated rings. The summed E-state index contributed by atoms with van der Waals surface area (Å²) in [7, 11) is 5.79. The predicted octanol–water partition coefficient (Wildman–Crippen LogP) is 4.08. The van der Waals surface area contributed by atoms with Gasteiger partial charge in [0.25, 0.3) is 11.1 Å². The fourth-order valence-electron chi connectivity index (χ4n) is 2.85. The maximum atomic E-state index is 12.5. The number of aromatic nitrogens is 2. The van der Waals surface area contributed by atoms with E-state index in [1.165, 1.54) is 11.8 Å². The molecule has 0 aliphatic carbocycles. The van der Waals surface area contributed by atoms with Gasteiger partial charge in [0.15, 0.2) is 6.61 Å². The minimum absolute atomic E-state index is 0.00642. The second-order valence-electron chi connectivity index (χ2n) is 7.62. The van der Waals surface area contributed by atoms with Crippen LogP contribution in [-0.4, -0.2) is 47.9 Å². The van der Waals surface area contributed by atoms with Crippen molar-refractivity contribution in [3.05, 3.63) is 65.0 Å². The number of carbonyl (C=O) groups is 1. The summed E-state index contributed by atoms with van der Waals surface area (Å²) in [6, 6.07) is 14.2. The third-order valence-corrected chi connectivity index (χ3v) is 5.56. The third-order valence-electron chi connectivity index (χ3n) is 4.76. The van der Waals surface area contributed by atoms with Crippen molar-refractivity contribution in [3.8, 4) is 5.75 Å². The summed E-state index contributed by atoms with van der Waals surface area (Å²) in [4.78, 5) is 16.2. The van der Waals surface area contributed by atoms with Gasteiger partial charge in [-0.25, -0.2) is 0 Å². The number of amides is 1. The van der Waals surface area contributed by atoms with E-state index in [1.807, 2.05) is 75.3 Å². The van der Waals surface area contributed by atoms with Crippen molar-refractivity contribution in [3.63, 3.8) is 0 Å². The van der Waals surface area contributed by atoms with Crippen molar-refractivity contribution in [2.24, 2.45) is 0 Å². The topological polar surface area (TPSA) is 71.7 Å². The van der Waals surface area contributed by atoms with Crippen molar-refractivity contribution in [1.29, 1.82) is 0 Å². The van der Waals surface area contributed by atoms with Gasteiger partial charge >= 0.3 is 0 Å². The number of ether oxygens (including phenoxy) is 1. The van der Waals surface area contributed by atoms with Gasteiger partial charge in [-0.1, -0.05) is 36.0 Å². The second kappa shape index (κ2) is 10.3. The molecule has 0 unspecified atom stereocenters. The molecule has 3 aromatic rings. The number of aryl methyl sites for hydroxylation is 2. The van der Waals surface area contributed by atoms with Crippen molar-refractivity contribution in [2.75, 3.05) is 31.8 Å². The summed E-state index contributed by atoms with van der Waals surface area (Å²) in [5, 5.41) is 8.36. The Kier molecular flexibility index (Phi) is 7.57. The smallest absolute Gasteiger partial charge is 0.277 e. The molecule has 0 saturated heterocycles. The summed E-state index contributed by atoms with van der Waals surface area (Å²) in [6.07, 6.45) is 0. The van der Waals surface area contributed by atoms with E-state index >= 15 is 0 Å². The Balaban J connectivity index is 1.47. The van der Waals surface area contributed by atoms with Crippen molar-refractivity contribution in [1.82, 2.24) is 15.1 Å². The summed E-state index contributed by atoms with van der Waals surface area (Å²) >= 11 is 1.23. The third kappa shape index (κ3) is 6.49. The number of hydrogen-bond acceptors (Lipinski definition) is 7. The van der Waals surface area contributed by atoms with Crippen LogP contribution in [0.2, 0.25) is 0 Å². The molecule has 7 nitrogen and oxygen atoms in total. The van der Waals surface area contributed by atoms with Gasteiger partial charge in [0.1, 0.15) is 5.75 Å². The summed E-state index contributed by atoms with van der Waals surface area (Å²) in [5.74, 6) is 1.40. The van der Waals surface area contributed by atoms with Crippen LogP contribution in [0.5, 0.6) is 5.75 Å². The first-order chi connectivity index (χ1) is 14.8. The molecule has 8 heteroatoms. The van der Waals surface area contributed by atoms with Crippen LogP contribution in [0, 0.1) is 13.8 Å². The Morgan fingerprint density at radius 2 is 1.81 bits per heavy atom. The lowest BCUT2D eigenvalue weighted by molar-refractivity contribution is -0.127. The SMILES string of the molecule is Cc1ccc(C)c(OCc2nnc(SCC(=O)N(C)Cc3ccc(N(C)C)cc3)o2)c1. The molecule has 0 bridgehead atoms. The molecule has 2 aromatic carbocycles. The lowest BCUT2D eigenvalue weighted by Gasteiger charge is -2.18.